The number of hydrogen-bond donors (Lipinski definition) is 1. The van der Waals surface area contributed by atoms with Gasteiger partial charge in [0, 0.05) is 42.4 Å². The second kappa shape index (κ2) is 13.0. The number of carboxylic acid groups (broad SMARTS) is 1. The maximum absolute atomic E-state index is 12.8. The first-order valence-corrected chi connectivity index (χ1v) is 16.9. The molecule has 4 aromatic rings. The van der Waals surface area contributed by atoms with Crippen molar-refractivity contribution in [1.82, 2.24) is 14.6 Å². The van der Waals surface area contributed by atoms with Gasteiger partial charge in [0.05, 0.1) is 35.2 Å². The summed E-state index contributed by atoms with van der Waals surface area (Å²) in [5, 5.41) is 15.6. The van der Waals surface area contributed by atoms with Crippen molar-refractivity contribution >= 4 is 17.4 Å². The van der Waals surface area contributed by atoms with E-state index < -0.39 is 17.7 Å². The van der Waals surface area contributed by atoms with E-state index in [2.05, 4.69) is 69.0 Å². The largest absolute Gasteiger partial charge is 0.490 e. The Kier molecular flexibility index (Phi) is 9.13. The molecule has 7 rings (SSSR count). The molecule has 2 aromatic carbocycles. The second-order valence-electron chi connectivity index (χ2n) is 14.6. The predicted molar refractivity (Wildman–Crippen MR) is 189 cm³/mol. The molecule has 48 heavy (non-hydrogen) atoms. The monoisotopic (exact) mass is 652 g/mol. The van der Waals surface area contributed by atoms with Gasteiger partial charge < -0.3 is 24.2 Å². The lowest BCUT2D eigenvalue weighted by molar-refractivity contribution is -0.160. The van der Waals surface area contributed by atoms with Crippen molar-refractivity contribution in [2.75, 3.05) is 24.6 Å². The lowest BCUT2D eigenvalue weighted by atomic mass is 9.92. The average molecular weight is 653 g/mol. The van der Waals surface area contributed by atoms with Gasteiger partial charge in [-0.25, -0.2) is 9.78 Å². The summed E-state index contributed by atoms with van der Waals surface area (Å²) in [7, 11) is 0. The molecule has 1 fully saturated rings. The fourth-order valence-corrected chi connectivity index (χ4v) is 6.62. The van der Waals surface area contributed by atoms with E-state index in [4.69, 9.17) is 24.3 Å². The van der Waals surface area contributed by atoms with Crippen LogP contribution in [0, 0.1) is 20.8 Å². The van der Waals surface area contributed by atoms with Crippen molar-refractivity contribution in [3.05, 3.63) is 77.0 Å². The standard InChI is InChI=1S/C39H48N4O5/c1-24-20-30-28-13-11-14-29(22-28)31-23-33-40-27(4)34(35(37(44)45)48-38(5,6)7)36(43(33)41-31)42-17-15-39(8,16-18-42)46-19-10-9-12-26(3)47-32(30)21-25(24)2/h9-11,13-14,20-23,26,35H,12,15-19H2,1-8H3,(H,44,45)/b10-9+/t26-,35+/m1/s1. The zero-order valence-electron chi connectivity index (χ0n) is 29.5. The summed E-state index contributed by atoms with van der Waals surface area (Å²) in [5.41, 5.74) is 6.85. The van der Waals surface area contributed by atoms with Gasteiger partial charge in [0.2, 0.25) is 0 Å². The number of piperidine rings is 1. The van der Waals surface area contributed by atoms with Crippen molar-refractivity contribution in [3.8, 4) is 28.1 Å². The van der Waals surface area contributed by atoms with Crippen LogP contribution in [0.2, 0.25) is 0 Å². The van der Waals surface area contributed by atoms with Crippen molar-refractivity contribution in [1.29, 1.82) is 0 Å². The number of benzene rings is 2. The molecule has 0 aliphatic carbocycles. The van der Waals surface area contributed by atoms with Gasteiger partial charge in [0.15, 0.2) is 11.8 Å². The van der Waals surface area contributed by atoms with Gasteiger partial charge in [-0.05, 0) is 103 Å². The van der Waals surface area contributed by atoms with Crippen molar-refractivity contribution in [2.45, 2.75) is 98.1 Å². The predicted octanol–water partition coefficient (Wildman–Crippen LogP) is 8.03. The van der Waals surface area contributed by atoms with Crippen LogP contribution in [-0.2, 0) is 14.3 Å². The number of ether oxygens (including phenoxy) is 3. The average Bonchev–Trinajstić information content (AvgIpc) is 3.44. The Morgan fingerprint density at radius 2 is 1.75 bits per heavy atom. The van der Waals surface area contributed by atoms with Crippen LogP contribution in [-0.4, -0.2) is 62.7 Å². The number of aromatic nitrogens is 3. The SMILES string of the molecule is Cc1cc2c(cc1C)-c1cccc(c1)-c1cc3nc(C)c([C@H](OC(C)(C)C)C(=O)O)c(n3n1)N1CCC(C)(CC1)OC/C=C/C[C@@H](C)O2. The van der Waals surface area contributed by atoms with Gasteiger partial charge in [0.25, 0.3) is 0 Å². The summed E-state index contributed by atoms with van der Waals surface area (Å²) in [6, 6.07) is 14.6. The van der Waals surface area contributed by atoms with E-state index in [9.17, 15) is 9.90 Å². The summed E-state index contributed by atoms with van der Waals surface area (Å²) in [6.45, 7) is 17.8. The molecule has 2 atom stereocenters. The topological polar surface area (TPSA) is 98.4 Å². The Labute approximate surface area is 283 Å². The first-order valence-electron chi connectivity index (χ1n) is 16.9. The number of rotatable bonds is 3. The number of carbonyl (C=O) groups is 1. The number of carboxylic acids is 1. The minimum Gasteiger partial charge on any atom is -0.490 e. The lowest BCUT2D eigenvalue weighted by Crippen LogP contribution is -2.45. The van der Waals surface area contributed by atoms with Crippen LogP contribution >= 0.6 is 0 Å². The number of nitrogens with zero attached hydrogens (tertiary/aromatic N) is 4. The number of aliphatic carboxylic acids is 1. The molecular weight excluding hydrogens is 604 g/mol. The molecule has 0 saturated carbocycles. The minimum absolute atomic E-state index is 0.0213. The third kappa shape index (κ3) is 6.98. The molecule has 1 N–H and O–H groups in total. The van der Waals surface area contributed by atoms with Crippen LogP contribution in [0.5, 0.6) is 5.75 Å². The highest BCUT2D eigenvalue weighted by atomic mass is 16.5. The van der Waals surface area contributed by atoms with Gasteiger partial charge in [-0.1, -0.05) is 30.4 Å². The molecule has 0 amide bonds. The molecule has 9 heteroatoms. The second-order valence-corrected chi connectivity index (χ2v) is 14.6. The highest BCUT2D eigenvalue weighted by molar-refractivity contribution is 5.80. The highest BCUT2D eigenvalue weighted by Gasteiger charge is 2.37. The zero-order chi connectivity index (χ0) is 34.4. The van der Waals surface area contributed by atoms with Gasteiger partial charge in [-0.15, -0.1) is 0 Å². The van der Waals surface area contributed by atoms with Gasteiger partial charge in [-0.3, -0.25) is 0 Å². The van der Waals surface area contributed by atoms with Gasteiger partial charge >= 0.3 is 5.97 Å². The Morgan fingerprint density at radius 1 is 1.04 bits per heavy atom. The molecule has 6 bridgehead atoms. The molecule has 2 aromatic heterocycles. The Balaban J connectivity index is 1.55. The van der Waals surface area contributed by atoms with Crippen LogP contribution in [0.1, 0.15) is 82.4 Å². The van der Waals surface area contributed by atoms with Crippen molar-refractivity contribution in [3.63, 3.8) is 0 Å². The summed E-state index contributed by atoms with van der Waals surface area (Å²) >= 11 is 0. The quantitative estimate of drug-likeness (QED) is 0.222. The smallest absolute Gasteiger partial charge is 0.337 e. The molecular formula is C39H48N4O5. The van der Waals surface area contributed by atoms with E-state index in [1.165, 1.54) is 11.1 Å². The normalized spacial score (nSPS) is 21.5. The first kappa shape index (κ1) is 33.7. The third-order valence-electron chi connectivity index (χ3n) is 9.44. The number of hydrogen-bond acceptors (Lipinski definition) is 7. The van der Waals surface area contributed by atoms with Crippen LogP contribution in [0.4, 0.5) is 5.82 Å². The van der Waals surface area contributed by atoms with E-state index in [0.29, 0.717) is 42.4 Å². The van der Waals surface area contributed by atoms with Crippen LogP contribution in [0.25, 0.3) is 28.0 Å². The summed E-state index contributed by atoms with van der Waals surface area (Å²) in [6.07, 6.45) is 5.28. The molecule has 3 aliphatic heterocycles. The van der Waals surface area contributed by atoms with Crippen molar-refractivity contribution in [2.24, 2.45) is 0 Å². The fraction of sp³-hybridized carbons (Fsp3) is 0.462. The third-order valence-corrected chi connectivity index (χ3v) is 9.44. The Bertz CT molecular complexity index is 1860. The van der Waals surface area contributed by atoms with Gasteiger partial charge in [-0.2, -0.15) is 9.61 Å². The van der Waals surface area contributed by atoms with E-state index >= 15 is 0 Å². The first-order chi connectivity index (χ1) is 22.7. The molecule has 0 unspecified atom stereocenters. The maximum atomic E-state index is 12.8. The molecule has 1 saturated heterocycles. The summed E-state index contributed by atoms with van der Waals surface area (Å²) in [5.74, 6) is 0.485. The Hall–Kier alpha value is -4.21. The minimum atomic E-state index is -1.22. The summed E-state index contributed by atoms with van der Waals surface area (Å²) in [4.78, 5) is 20.0. The molecule has 5 heterocycles. The van der Waals surface area contributed by atoms with E-state index in [-0.39, 0.29) is 11.7 Å². The Morgan fingerprint density at radius 3 is 2.46 bits per heavy atom. The van der Waals surface area contributed by atoms with Crippen LogP contribution in [0.15, 0.2) is 54.6 Å². The van der Waals surface area contributed by atoms with Crippen LogP contribution in [0.3, 0.4) is 0 Å². The summed E-state index contributed by atoms with van der Waals surface area (Å²) < 4.78 is 21.0. The van der Waals surface area contributed by atoms with Crippen LogP contribution < -0.4 is 9.64 Å². The van der Waals surface area contributed by atoms with Crippen molar-refractivity contribution < 1.29 is 24.1 Å². The molecule has 3 aliphatic rings. The fourth-order valence-electron chi connectivity index (χ4n) is 6.62. The number of fused-ring (bicyclic) bond motifs is 7. The molecule has 9 nitrogen and oxygen atoms in total. The van der Waals surface area contributed by atoms with E-state index in [0.717, 1.165) is 47.4 Å². The molecule has 254 valence electrons. The molecule has 0 radical (unpaired) electrons. The number of anilines is 1. The number of aryl methyl sites for hydroxylation is 3. The zero-order valence-corrected chi connectivity index (χ0v) is 29.5. The molecule has 0 spiro atoms. The van der Waals surface area contributed by atoms with E-state index in [1.807, 2.05) is 50.4 Å². The van der Waals surface area contributed by atoms with Gasteiger partial charge in [0.1, 0.15) is 11.6 Å². The highest BCUT2D eigenvalue weighted by Crippen LogP contribution is 2.40. The lowest BCUT2D eigenvalue weighted by Gasteiger charge is -2.41. The van der Waals surface area contributed by atoms with E-state index in [1.54, 1.807) is 0 Å². The maximum Gasteiger partial charge on any atom is 0.337 e.